The van der Waals surface area contributed by atoms with Gasteiger partial charge in [-0.25, -0.2) is 0 Å². The molecule has 0 aliphatic heterocycles. The van der Waals surface area contributed by atoms with E-state index < -0.39 is 6.04 Å². The average Bonchev–Trinajstić information content (AvgIpc) is 3.12. The van der Waals surface area contributed by atoms with Crippen LogP contribution < -0.4 is 10.6 Å². The number of hydrogen-bond acceptors (Lipinski definition) is 4. The first-order valence-electron chi connectivity index (χ1n) is 10.9. The maximum atomic E-state index is 13.1. The largest absolute Gasteiger partial charge is 0.323 e. The highest BCUT2D eigenvalue weighted by Gasteiger charge is 2.19. The summed E-state index contributed by atoms with van der Waals surface area (Å²) in [7, 11) is 0. The molecular weight excluding hydrogens is 450 g/mol. The van der Waals surface area contributed by atoms with Crippen molar-refractivity contribution in [2.45, 2.75) is 40.7 Å². The zero-order chi connectivity index (χ0) is 24.6. The SMILES string of the molecule is Cc1ccc2nc(C)cc(C(=O)Nc3ccc(NC(=O)C(C)n4nc(C)cc4C)c(Cl)c3)c2c1. The molecule has 174 valence electrons. The van der Waals surface area contributed by atoms with Crippen LogP contribution in [0.4, 0.5) is 11.4 Å². The molecule has 0 aliphatic carbocycles. The molecule has 0 radical (unpaired) electrons. The van der Waals surface area contributed by atoms with Gasteiger partial charge in [0.2, 0.25) is 5.91 Å². The van der Waals surface area contributed by atoms with Gasteiger partial charge in [0, 0.05) is 22.5 Å². The van der Waals surface area contributed by atoms with Crippen LogP contribution >= 0.6 is 11.6 Å². The number of aryl methyl sites for hydroxylation is 4. The summed E-state index contributed by atoms with van der Waals surface area (Å²) in [5, 5.41) is 11.2. The van der Waals surface area contributed by atoms with Gasteiger partial charge in [0.15, 0.2) is 0 Å². The standard InChI is InChI=1S/C26H26ClN5O2/c1-14-6-8-23-20(10-14)21(12-15(2)28-23)26(34)29-19-7-9-24(22(27)13-19)30-25(33)18(5)32-17(4)11-16(3)31-32/h6-13,18H,1-5H3,(H,29,34)(H,30,33). The maximum Gasteiger partial charge on any atom is 0.256 e. The van der Waals surface area contributed by atoms with Crippen molar-refractivity contribution in [3.8, 4) is 0 Å². The highest BCUT2D eigenvalue weighted by Crippen LogP contribution is 2.28. The second kappa shape index (κ2) is 9.27. The molecule has 2 aromatic heterocycles. The number of amides is 2. The summed E-state index contributed by atoms with van der Waals surface area (Å²) in [6.45, 7) is 9.40. The first-order valence-corrected chi connectivity index (χ1v) is 11.3. The zero-order valence-electron chi connectivity index (χ0n) is 19.7. The van der Waals surface area contributed by atoms with Crippen LogP contribution in [0.15, 0.2) is 48.5 Å². The Morgan fingerprint density at radius 2 is 1.71 bits per heavy atom. The molecule has 0 fully saturated rings. The molecule has 0 saturated heterocycles. The first kappa shape index (κ1) is 23.4. The summed E-state index contributed by atoms with van der Waals surface area (Å²) in [6.07, 6.45) is 0. The molecule has 2 heterocycles. The Bertz CT molecular complexity index is 1430. The number of fused-ring (bicyclic) bond motifs is 1. The van der Waals surface area contributed by atoms with Crippen molar-refractivity contribution in [1.29, 1.82) is 0 Å². The second-order valence-corrected chi connectivity index (χ2v) is 8.92. The lowest BCUT2D eigenvalue weighted by molar-refractivity contribution is -0.119. The van der Waals surface area contributed by atoms with E-state index in [0.717, 1.165) is 33.5 Å². The summed E-state index contributed by atoms with van der Waals surface area (Å²) in [5.74, 6) is -0.494. The molecular formula is C26H26ClN5O2. The fraction of sp³-hybridized carbons (Fsp3) is 0.231. The van der Waals surface area contributed by atoms with Gasteiger partial charge in [0.05, 0.1) is 27.5 Å². The van der Waals surface area contributed by atoms with E-state index >= 15 is 0 Å². The third kappa shape index (κ3) is 4.79. The Hall–Kier alpha value is -3.71. The van der Waals surface area contributed by atoms with Crippen molar-refractivity contribution in [3.05, 3.63) is 81.8 Å². The van der Waals surface area contributed by atoms with Crippen molar-refractivity contribution in [3.63, 3.8) is 0 Å². The lowest BCUT2D eigenvalue weighted by Crippen LogP contribution is -2.25. The molecule has 2 amide bonds. The van der Waals surface area contributed by atoms with Gasteiger partial charge in [-0.3, -0.25) is 19.3 Å². The van der Waals surface area contributed by atoms with E-state index in [1.54, 1.807) is 35.9 Å². The van der Waals surface area contributed by atoms with Crippen LogP contribution in [0.5, 0.6) is 0 Å². The first-order chi connectivity index (χ1) is 16.1. The Morgan fingerprint density at radius 1 is 0.941 bits per heavy atom. The van der Waals surface area contributed by atoms with Crippen molar-refractivity contribution < 1.29 is 9.59 Å². The summed E-state index contributed by atoms with van der Waals surface area (Å²) in [4.78, 5) is 30.4. The molecule has 1 unspecified atom stereocenters. The highest BCUT2D eigenvalue weighted by atomic mass is 35.5. The lowest BCUT2D eigenvalue weighted by atomic mass is 10.0. The molecule has 7 nitrogen and oxygen atoms in total. The normalized spacial score (nSPS) is 11.9. The number of nitrogens with one attached hydrogen (secondary N) is 2. The van der Waals surface area contributed by atoms with Gasteiger partial charge in [-0.15, -0.1) is 0 Å². The second-order valence-electron chi connectivity index (χ2n) is 8.52. The minimum absolute atomic E-state index is 0.237. The van der Waals surface area contributed by atoms with Gasteiger partial charge in [0.1, 0.15) is 6.04 Å². The predicted octanol–water partition coefficient (Wildman–Crippen LogP) is 5.77. The monoisotopic (exact) mass is 475 g/mol. The number of benzene rings is 2. The van der Waals surface area contributed by atoms with Crippen molar-refractivity contribution in [2.75, 3.05) is 10.6 Å². The van der Waals surface area contributed by atoms with Crippen LogP contribution in [0.2, 0.25) is 5.02 Å². The molecule has 8 heteroatoms. The van der Waals surface area contributed by atoms with Crippen LogP contribution in [0.1, 0.15) is 46.0 Å². The third-order valence-corrected chi connectivity index (χ3v) is 5.93. The molecule has 0 aliphatic rings. The van der Waals surface area contributed by atoms with Crippen LogP contribution in [0, 0.1) is 27.7 Å². The van der Waals surface area contributed by atoms with Gasteiger partial charge in [0.25, 0.3) is 5.91 Å². The fourth-order valence-corrected chi connectivity index (χ4v) is 4.17. The molecule has 4 rings (SSSR count). The van der Waals surface area contributed by atoms with Gasteiger partial charge in [-0.1, -0.05) is 23.2 Å². The van der Waals surface area contributed by atoms with Crippen LogP contribution in [-0.4, -0.2) is 26.6 Å². The Morgan fingerprint density at radius 3 is 2.38 bits per heavy atom. The van der Waals surface area contributed by atoms with E-state index in [4.69, 9.17) is 11.6 Å². The number of hydrogen-bond donors (Lipinski definition) is 2. The maximum absolute atomic E-state index is 13.1. The molecule has 0 spiro atoms. The number of anilines is 2. The smallest absolute Gasteiger partial charge is 0.256 e. The summed E-state index contributed by atoms with van der Waals surface area (Å²) in [5.41, 5.74) is 5.84. The Kier molecular flexibility index (Phi) is 6.39. The number of carbonyl (C=O) groups excluding carboxylic acids is 2. The molecule has 2 aromatic carbocycles. The molecule has 0 saturated carbocycles. The molecule has 4 aromatic rings. The van der Waals surface area contributed by atoms with Crippen LogP contribution in [-0.2, 0) is 4.79 Å². The van der Waals surface area contributed by atoms with Crippen molar-refractivity contribution >= 4 is 45.7 Å². The fourth-order valence-electron chi connectivity index (χ4n) is 3.94. The minimum atomic E-state index is -0.504. The van der Waals surface area contributed by atoms with E-state index in [9.17, 15) is 9.59 Å². The lowest BCUT2D eigenvalue weighted by Gasteiger charge is -2.16. The van der Waals surface area contributed by atoms with Gasteiger partial charge < -0.3 is 10.6 Å². The molecule has 34 heavy (non-hydrogen) atoms. The quantitative estimate of drug-likeness (QED) is 0.383. The average molecular weight is 476 g/mol. The van der Waals surface area contributed by atoms with Gasteiger partial charge in [-0.2, -0.15) is 5.10 Å². The van der Waals surface area contributed by atoms with E-state index in [-0.39, 0.29) is 11.8 Å². The highest BCUT2D eigenvalue weighted by molar-refractivity contribution is 6.34. The Balaban J connectivity index is 1.52. The topological polar surface area (TPSA) is 88.9 Å². The molecule has 0 bridgehead atoms. The number of carbonyl (C=O) groups is 2. The predicted molar refractivity (Wildman–Crippen MR) is 136 cm³/mol. The Labute approximate surface area is 203 Å². The van der Waals surface area contributed by atoms with E-state index in [2.05, 4.69) is 20.7 Å². The van der Waals surface area contributed by atoms with Crippen molar-refractivity contribution in [1.82, 2.24) is 14.8 Å². The minimum Gasteiger partial charge on any atom is -0.323 e. The number of nitrogens with zero attached hydrogens (tertiary/aromatic N) is 3. The van der Waals surface area contributed by atoms with Crippen LogP contribution in [0.25, 0.3) is 10.9 Å². The van der Waals surface area contributed by atoms with Crippen LogP contribution in [0.3, 0.4) is 0 Å². The number of rotatable bonds is 5. The molecule has 1 atom stereocenters. The number of aromatic nitrogens is 3. The van der Waals surface area contributed by atoms with E-state index in [1.165, 1.54) is 0 Å². The summed E-state index contributed by atoms with van der Waals surface area (Å²) >= 11 is 6.43. The summed E-state index contributed by atoms with van der Waals surface area (Å²) < 4.78 is 1.68. The van der Waals surface area contributed by atoms with Crippen molar-refractivity contribution in [2.24, 2.45) is 0 Å². The van der Waals surface area contributed by atoms with Gasteiger partial charge >= 0.3 is 0 Å². The summed E-state index contributed by atoms with van der Waals surface area (Å²) in [6, 6.07) is 14.0. The van der Waals surface area contributed by atoms with E-state index in [1.807, 2.05) is 52.0 Å². The zero-order valence-corrected chi connectivity index (χ0v) is 20.5. The van der Waals surface area contributed by atoms with Gasteiger partial charge in [-0.05, 0) is 77.1 Å². The number of halogens is 1. The number of pyridine rings is 1. The van der Waals surface area contributed by atoms with E-state index in [0.29, 0.717) is 22.0 Å². The third-order valence-electron chi connectivity index (χ3n) is 5.61. The molecule has 2 N–H and O–H groups in total.